The molecular formula is C70H80N8O17. The van der Waals surface area contributed by atoms with Crippen molar-refractivity contribution in [2.75, 3.05) is 48.3 Å². The molecule has 3 aromatic carbocycles. The van der Waals surface area contributed by atoms with Crippen LogP contribution in [0.2, 0.25) is 0 Å². The second kappa shape index (κ2) is 29.5. The van der Waals surface area contributed by atoms with Gasteiger partial charge in [-0.25, -0.2) is 9.78 Å². The summed E-state index contributed by atoms with van der Waals surface area (Å²) in [5.41, 5.74) is -1.01. The van der Waals surface area contributed by atoms with E-state index in [-0.39, 0.29) is 116 Å². The van der Waals surface area contributed by atoms with Gasteiger partial charge < -0.3 is 65.1 Å². The average Bonchev–Trinajstić information content (AvgIpc) is 1.70. The van der Waals surface area contributed by atoms with Crippen molar-refractivity contribution in [2.45, 2.75) is 144 Å². The maximum atomic E-state index is 14.9. The van der Waals surface area contributed by atoms with Crippen molar-refractivity contribution in [1.29, 1.82) is 0 Å². The molecule has 2 fully saturated rings. The summed E-state index contributed by atoms with van der Waals surface area (Å²) in [4.78, 5) is 140. The predicted octanol–water partition coefficient (Wildman–Crippen LogP) is 8.78. The molecule has 5 heterocycles. The number of unbranched alkanes of at least 4 members (excludes halogenated alkanes) is 2. The summed E-state index contributed by atoms with van der Waals surface area (Å²) < 4.78 is 29.9. The number of phenolic OH excluding ortho intramolecular Hbond substituents is 2. The largest absolute Gasteiger partial charge is 0.507 e. The number of hydrogen-bond donors (Lipinski definition) is 7. The summed E-state index contributed by atoms with van der Waals surface area (Å²) >= 11 is 0. The number of fused-ring (bicyclic) bond motifs is 2. The third-order valence-corrected chi connectivity index (χ3v) is 18.4. The molecule has 0 spiro atoms. The summed E-state index contributed by atoms with van der Waals surface area (Å²) in [7, 11) is 0. The Kier molecular flexibility index (Phi) is 21.0. The van der Waals surface area contributed by atoms with E-state index in [0.717, 1.165) is 19.3 Å². The Bertz CT molecular complexity index is 3990. The highest BCUT2D eigenvalue weighted by Crippen LogP contribution is 2.49. The standard InChI is InChI=1S/C70H80N8O17/c1-38-14-10-16-39(2)62(93-43(6)79)40(3)18-12-33-91-66-61(86)55-53-54(59(84)42(5)63(55)95-66)60(85)58(76-65(87)41(4)17-11-15-38)64-57(53)75-56-48(80)34-47(35-49(56)94-64)77-31-25-46(26-32-77)74-69(90)92-37-44-19-21-45(22-20-44)73-50(81)36-72-68(89)70(27-13-28-70)67(88)71-29-8-7-9-30-78-51(82)23-24-52(78)83/h11-12,15,17,19-24,33-35,38-40,46,62,66,80,84H,7-10,13-14,16,18,25-32,36-37H2,1-6H3,(H,71,88)(H,72,89)(H,73,81)(H,74,90)(H,76,87)/b15-11+,33-12+,41-17-/t38-,39-,40-,62+,66+/m1/s1. The number of esters is 1. The molecule has 5 aliphatic heterocycles. The van der Waals surface area contributed by atoms with E-state index in [4.69, 9.17) is 28.3 Å². The van der Waals surface area contributed by atoms with E-state index in [9.17, 15) is 58.2 Å². The molecular weight excluding hydrogens is 1220 g/mol. The van der Waals surface area contributed by atoms with Gasteiger partial charge in [0.15, 0.2) is 11.3 Å². The number of Topliss-reactive ketones (excluding diaryl/α,β-unsaturated/α-hetero) is 1. The number of aromatic hydroxyl groups is 2. The molecule has 95 heavy (non-hydrogen) atoms. The molecule has 7 amide bonds. The molecule has 7 N–H and O–H groups in total. The molecule has 25 nitrogen and oxygen atoms in total. The van der Waals surface area contributed by atoms with Crippen LogP contribution in [0.5, 0.6) is 17.2 Å². The van der Waals surface area contributed by atoms with E-state index in [1.54, 1.807) is 55.5 Å². The number of allylic oxidation sites excluding steroid dienone is 4. The van der Waals surface area contributed by atoms with Gasteiger partial charge in [-0.2, -0.15) is 0 Å². The smallest absolute Gasteiger partial charge is 0.407 e. The monoisotopic (exact) mass is 1300 g/mol. The molecule has 5 atom stereocenters. The van der Waals surface area contributed by atoms with Crippen LogP contribution in [0.15, 0.2) is 93.9 Å². The van der Waals surface area contributed by atoms with Crippen molar-refractivity contribution in [3.63, 3.8) is 0 Å². The minimum Gasteiger partial charge on any atom is -0.507 e. The lowest BCUT2D eigenvalue weighted by molar-refractivity contribution is -0.152. The van der Waals surface area contributed by atoms with Crippen LogP contribution in [-0.4, -0.2) is 125 Å². The maximum absolute atomic E-state index is 14.9. The molecule has 10 rings (SSSR count). The molecule has 1 saturated carbocycles. The number of ether oxygens (including phenoxy) is 4. The first kappa shape index (κ1) is 67.8. The molecule has 0 aromatic heterocycles. The normalized spacial score (nSPS) is 22.1. The van der Waals surface area contributed by atoms with Gasteiger partial charge in [-0.1, -0.05) is 64.0 Å². The zero-order valence-electron chi connectivity index (χ0n) is 54.1. The Hall–Kier alpha value is -10.1. The molecule has 3 aromatic rings. The van der Waals surface area contributed by atoms with E-state index < -0.39 is 70.5 Å². The fourth-order valence-corrected chi connectivity index (χ4v) is 12.8. The van der Waals surface area contributed by atoms with Gasteiger partial charge in [-0.3, -0.25) is 48.1 Å². The summed E-state index contributed by atoms with van der Waals surface area (Å²) in [6, 6.07) is 9.43. The molecule has 0 unspecified atom stereocenters. The minimum absolute atomic E-state index is 0.0123. The second-order valence-electron chi connectivity index (χ2n) is 25.3. The lowest BCUT2D eigenvalue weighted by atomic mass is 9.67. The fourth-order valence-electron chi connectivity index (χ4n) is 12.8. The number of rotatable bonds is 16. The van der Waals surface area contributed by atoms with Crippen LogP contribution in [0.1, 0.15) is 133 Å². The van der Waals surface area contributed by atoms with E-state index in [1.165, 1.54) is 43.2 Å². The van der Waals surface area contributed by atoms with Gasteiger partial charge >= 0.3 is 18.4 Å². The van der Waals surface area contributed by atoms with Crippen LogP contribution >= 0.6 is 0 Å². The number of nitrogens with zero attached hydrogens (tertiary/aromatic N) is 3. The Balaban J connectivity index is 0.770. The van der Waals surface area contributed by atoms with E-state index in [1.807, 2.05) is 17.9 Å². The van der Waals surface area contributed by atoms with Gasteiger partial charge in [0.2, 0.25) is 28.9 Å². The number of aromatic nitrogens is 1. The Labute approximate surface area is 548 Å². The van der Waals surface area contributed by atoms with Gasteiger partial charge in [-0.15, -0.1) is 0 Å². The van der Waals surface area contributed by atoms with Crippen LogP contribution in [-0.2, 0) is 54.4 Å². The van der Waals surface area contributed by atoms with Crippen molar-refractivity contribution in [3.8, 4) is 28.7 Å². The van der Waals surface area contributed by atoms with Crippen molar-refractivity contribution >= 4 is 92.2 Å². The highest BCUT2D eigenvalue weighted by molar-refractivity contribution is 6.21. The van der Waals surface area contributed by atoms with Gasteiger partial charge in [-0.05, 0) is 120 Å². The molecule has 7 aliphatic rings. The zero-order chi connectivity index (χ0) is 67.8. The van der Waals surface area contributed by atoms with Crippen LogP contribution in [0.25, 0.3) is 33.3 Å². The Morgan fingerprint density at radius 3 is 2.28 bits per heavy atom. The number of anilines is 3. The number of ketones is 1. The first-order valence-electron chi connectivity index (χ1n) is 32.4. The number of alkyl carbamates (subject to hydrolysis) is 1. The van der Waals surface area contributed by atoms with Crippen LogP contribution < -0.4 is 41.6 Å². The number of phenols is 2. The van der Waals surface area contributed by atoms with E-state index in [2.05, 4.69) is 40.4 Å². The summed E-state index contributed by atoms with van der Waals surface area (Å²) in [6.07, 6.45) is 15.3. The Morgan fingerprint density at radius 1 is 0.853 bits per heavy atom. The number of hydrogen-bond acceptors (Lipinski definition) is 19. The molecule has 25 heteroatoms. The summed E-state index contributed by atoms with van der Waals surface area (Å²) in [5.74, 6) is -5.04. The van der Waals surface area contributed by atoms with Gasteiger partial charge in [0, 0.05) is 91.3 Å². The van der Waals surface area contributed by atoms with Crippen LogP contribution in [0.3, 0.4) is 0 Å². The quantitative estimate of drug-likeness (QED) is 0.0121. The van der Waals surface area contributed by atoms with Gasteiger partial charge in [0.25, 0.3) is 17.7 Å². The molecule has 1 saturated heterocycles. The number of carbonyl (C=O) groups excluding carboxylic acids is 9. The highest BCUT2D eigenvalue weighted by atomic mass is 16.7. The number of imide groups is 1. The minimum atomic E-state index is -1.55. The summed E-state index contributed by atoms with van der Waals surface area (Å²) in [5, 5.41) is 36.9. The summed E-state index contributed by atoms with van der Waals surface area (Å²) in [6.45, 7) is 11.5. The number of piperidine rings is 1. The van der Waals surface area contributed by atoms with E-state index in [0.29, 0.717) is 101 Å². The molecule has 502 valence electrons. The number of benzene rings is 4. The topological polar surface area (TPSA) is 341 Å². The van der Waals surface area contributed by atoms with Crippen LogP contribution in [0, 0.1) is 30.1 Å². The van der Waals surface area contributed by atoms with Crippen molar-refractivity contribution < 1.29 is 76.7 Å². The second-order valence-corrected chi connectivity index (χ2v) is 25.3. The average molecular weight is 1310 g/mol. The zero-order valence-corrected chi connectivity index (χ0v) is 54.1. The number of carbonyl (C=O) groups is 9. The van der Waals surface area contributed by atoms with Gasteiger partial charge in [0.1, 0.15) is 52.3 Å². The Morgan fingerprint density at radius 2 is 1.58 bits per heavy atom. The lowest BCUT2D eigenvalue weighted by Gasteiger charge is -2.38. The third kappa shape index (κ3) is 15.1. The van der Waals surface area contributed by atoms with Crippen molar-refractivity contribution in [3.05, 3.63) is 112 Å². The van der Waals surface area contributed by atoms with Crippen molar-refractivity contribution in [1.82, 2.24) is 25.8 Å². The third-order valence-electron chi connectivity index (χ3n) is 18.4. The first-order chi connectivity index (χ1) is 45.5. The van der Waals surface area contributed by atoms with Crippen molar-refractivity contribution in [2.24, 2.45) is 23.2 Å². The lowest BCUT2D eigenvalue weighted by Crippen LogP contribution is -2.56. The van der Waals surface area contributed by atoms with Gasteiger partial charge in [0.05, 0.1) is 23.8 Å². The molecule has 2 aliphatic carbocycles. The highest BCUT2D eigenvalue weighted by Gasteiger charge is 2.51. The van der Waals surface area contributed by atoms with Crippen LogP contribution in [0.4, 0.5) is 21.9 Å². The SMILES string of the molecule is CC(=O)O[C@@H]1[C@H](C)C/C=C/O[C@H]2Oc3c(C)c(O)c4c(=O)c(c5oc6cc(N7CCC(NC(=O)OCc8ccc(NC(=O)CNC(=O)C9(C(=O)NCCCCCN%10C(=O)C=CC%10=O)CCC9)cc8)CC7)cc(O)c6nc-5c4c3C2=O)NC(=O)/C(C)=C\C=C\[C@H](C)CCC[C@H]1C. The van der Waals surface area contributed by atoms with E-state index >= 15 is 0 Å². The molecule has 0 radical (unpaired) electrons. The first-order valence-corrected chi connectivity index (χ1v) is 32.4. The predicted molar refractivity (Wildman–Crippen MR) is 350 cm³/mol. The maximum Gasteiger partial charge on any atom is 0.407 e. The fraction of sp³-hybridized carbons (Fsp3) is 0.443. The number of nitrogens with one attached hydrogen (secondary N) is 5. The molecule has 4 bridgehead atoms. The number of amides is 7.